The van der Waals surface area contributed by atoms with Crippen LogP contribution in [0.5, 0.6) is 0 Å². The highest BCUT2D eigenvalue weighted by Gasteiger charge is 2.49. The number of rotatable bonds is 1. The highest BCUT2D eigenvalue weighted by Crippen LogP contribution is 2.41. The number of aliphatic hydroxyl groups excluding tert-OH is 1. The number of hydrogen-bond acceptors (Lipinski definition) is 6. The average molecular weight is 316 g/mol. The van der Waals surface area contributed by atoms with Crippen molar-refractivity contribution in [2.75, 3.05) is 6.54 Å². The molecule has 0 bridgehead atoms. The van der Waals surface area contributed by atoms with Crippen molar-refractivity contribution in [3.8, 4) is 0 Å². The maximum atomic E-state index is 12.4. The molecule has 1 fully saturated rings. The van der Waals surface area contributed by atoms with Gasteiger partial charge in [-0.3, -0.25) is 4.79 Å². The molecular formula is C16H20N4O3. The minimum absolute atomic E-state index is 0.0933. The smallest absolute Gasteiger partial charge is 0.223 e. The molecule has 1 N–H and O–H groups in total. The molecular weight excluding hydrogens is 296 g/mol. The maximum Gasteiger partial charge on any atom is 0.223 e. The summed E-state index contributed by atoms with van der Waals surface area (Å²) in [6.07, 6.45) is 3.98. The van der Waals surface area contributed by atoms with Crippen molar-refractivity contribution in [2.24, 2.45) is 15.4 Å². The van der Waals surface area contributed by atoms with Gasteiger partial charge in [-0.05, 0) is 38.0 Å². The Morgan fingerprint density at radius 3 is 3.00 bits per heavy atom. The molecule has 2 unspecified atom stereocenters. The summed E-state index contributed by atoms with van der Waals surface area (Å²) in [6, 6.07) is -0.397. The molecule has 0 aromatic carbocycles. The van der Waals surface area contributed by atoms with Gasteiger partial charge >= 0.3 is 0 Å². The van der Waals surface area contributed by atoms with Crippen molar-refractivity contribution >= 4 is 11.6 Å². The Labute approximate surface area is 134 Å². The summed E-state index contributed by atoms with van der Waals surface area (Å²) in [4.78, 5) is 14.2. The second kappa shape index (κ2) is 4.99. The molecule has 3 aliphatic heterocycles. The van der Waals surface area contributed by atoms with Gasteiger partial charge in [-0.25, -0.2) is 0 Å². The van der Waals surface area contributed by atoms with E-state index in [9.17, 15) is 9.90 Å². The van der Waals surface area contributed by atoms with Gasteiger partial charge in [0.2, 0.25) is 5.91 Å². The molecule has 3 heterocycles. The lowest BCUT2D eigenvalue weighted by atomic mass is 9.81. The summed E-state index contributed by atoms with van der Waals surface area (Å²) in [5.41, 5.74) is 1.55. The molecule has 1 amide bonds. The third-order valence-electron chi connectivity index (χ3n) is 4.97. The molecule has 2 atom stereocenters. The average Bonchev–Trinajstić information content (AvgIpc) is 2.95. The fraction of sp³-hybridized carbons (Fsp3) is 0.625. The second-order valence-corrected chi connectivity index (χ2v) is 6.96. The van der Waals surface area contributed by atoms with Crippen molar-refractivity contribution in [2.45, 2.75) is 57.3 Å². The zero-order valence-electron chi connectivity index (χ0n) is 13.3. The first-order chi connectivity index (χ1) is 11.0. The van der Waals surface area contributed by atoms with Gasteiger partial charge in [0.25, 0.3) is 0 Å². The highest BCUT2D eigenvalue weighted by atomic mass is 16.5. The van der Waals surface area contributed by atoms with Crippen molar-refractivity contribution in [3.63, 3.8) is 0 Å². The topological polar surface area (TPSA) is 86.9 Å². The van der Waals surface area contributed by atoms with Gasteiger partial charge in [-0.2, -0.15) is 0 Å². The Hall–Kier alpha value is -2.02. The summed E-state index contributed by atoms with van der Waals surface area (Å²) >= 11 is 0. The third-order valence-corrected chi connectivity index (χ3v) is 4.97. The van der Waals surface area contributed by atoms with Crippen LogP contribution in [-0.4, -0.2) is 45.9 Å². The fourth-order valence-corrected chi connectivity index (χ4v) is 3.69. The number of nitrogens with zero attached hydrogens (tertiary/aromatic N) is 4. The number of allylic oxidation sites excluding steroid dienone is 2. The van der Waals surface area contributed by atoms with E-state index in [-0.39, 0.29) is 5.91 Å². The predicted octanol–water partition coefficient (Wildman–Crippen LogP) is 1.90. The molecule has 0 aromatic heterocycles. The maximum absolute atomic E-state index is 12.4. The van der Waals surface area contributed by atoms with Crippen LogP contribution in [0.3, 0.4) is 0 Å². The molecule has 7 heteroatoms. The van der Waals surface area contributed by atoms with Gasteiger partial charge in [0.05, 0.1) is 18.2 Å². The molecule has 4 aliphatic rings. The minimum Gasteiger partial charge on any atom is -0.489 e. The van der Waals surface area contributed by atoms with Gasteiger partial charge in [0, 0.05) is 18.5 Å². The number of likely N-dealkylation sites (tertiary alicyclic amines) is 1. The van der Waals surface area contributed by atoms with Crippen LogP contribution in [0.4, 0.5) is 0 Å². The lowest BCUT2D eigenvalue weighted by molar-refractivity contribution is -0.149. The van der Waals surface area contributed by atoms with Crippen LogP contribution < -0.4 is 0 Å². The molecule has 23 heavy (non-hydrogen) atoms. The number of amides is 1. The number of ether oxygens (including phenoxy) is 1. The number of carbonyl (C=O) groups is 1. The SMILES string of the molecule is CC1(C)OC2=C(C=C3N=NN=C3C2)C(N2CCCCC2=O)C1O. The van der Waals surface area contributed by atoms with Gasteiger partial charge in [-0.1, -0.05) is 0 Å². The summed E-state index contributed by atoms with van der Waals surface area (Å²) in [7, 11) is 0. The van der Waals surface area contributed by atoms with Crippen LogP contribution in [-0.2, 0) is 9.53 Å². The lowest BCUT2D eigenvalue weighted by Gasteiger charge is -2.48. The fourth-order valence-electron chi connectivity index (χ4n) is 3.69. The standard InChI is InChI=1S/C16H20N4O3/c1-16(2)15(22)14(20-6-4-3-5-13(20)21)9-7-10-11(18-19-17-10)8-12(9)23-16/h7,14-15,22H,3-6,8H2,1-2H3. The third kappa shape index (κ3) is 2.22. The molecule has 0 aromatic rings. The minimum atomic E-state index is -0.794. The van der Waals surface area contributed by atoms with Crippen molar-refractivity contribution < 1.29 is 14.6 Å². The van der Waals surface area contributed by atoms with Crippen LogP contribution >= 0.6 is 0 Å². The number of fused-ring (bicyclic) bond motifs is 1. The van der Waals surface area contributed by atoms with E-state index in [1.165, 1.54) is 0 Å². The molecule has 0 spiro atoms. The predicted molar refractivity (Wildman–Crippen MR) is 82.5 cm³/mol. The Kier molecular flexibility index (Phi) is 3.16. The van der Waals surface area contributed by atoms with Crippen LogP contribution in [0.15, 0.2) is 38.5 Å². The monoisotopic (exact) mass is 316 g/mol. The largest absolute Gasteiger partial charge is 0.489 e. The molecule has 4 rings (SSSR count). The van der Waals surface area contributed by atoms with Crippen LogP contribution in [0.25, 0.3) is 0 Å². The molecule has 0 saturated carbocycles. The molecule has 1 aliphatic carbocycles. The van der Waals surface area contributed by atoms with Crippen molar-refractivity contribution in [1.82, 2.24) is 4.90 Å². The van der Waals surface area contributed by atoms with Gasteiger partial charge in [-0.15, -0.1) is 10.2 Å². The Morgan fingerprint density at radius 2 is 2.22 bits per heavy atom. The van der Waals surface area contributed by atoms with E-state index < -0.39 is 17.7 Å². The number of piperidine rings is 1. The van der Waals surface area contributed by atoms with E-state index in [1.54, 1.807) is 4.90 Å². The molecule has 122 valence electrons. The zero-order chi connectivity index (χ0) is 16.2. The summed E-state index contributed by atoms with van der Waals surface area (Å²) < 4.78 is 6.04. The van der Waals surface area contributed by atoms with E-state index in [0.717, 1.165) is 29.9 Å². The quantitative estimate of drug-likeness (QED) is 0.801. The van der Waals surface area contributed by atoms with Crippen molar-refractivity contribution in [1.29, 1.82) is 0 Å². The van der Waals surface area contributed by atoms with Gasteiger partial charge in [0.15, 0.2) is 0 Å². The summed E-state index contributed by atoms with van der Waals surface area (Å²) in [6.45, 7) is 4.37. The van der Waals surface area contributed by atoms with E-state index >= 15 is 0 Å². The van der Waals surface area contributed by atoms with Crippen LogP contribution in [0.2, 0.25) is 0 Å². The second-order valence-electron chi connectivity index (χ2n) is 6.96. The van der Waals surface area contributed by atoms with Gasteiger partial charge in [0.1, 0.15) is 23.2 Å². The zero-order valence-corrected chi connectivity index (χ0v) is 13.3. The van der Waals surface area contributed by atoms with E-state index in [2.05, 4.69) is 15.4 Å². The Bertz CT molecular complexity index is 689. The first-order valence-corrected chi connectivity index (χ1v) is 8.06. The van der Waals surface area contributed by atoms with Gasteiger partial charge < -0.3 is 14.7 Å². The van der Waals surface area contributed by atoms with Crippen molar-refractivity contribution in [3.05, 3.63) is 23.1 Å². The van der Waals surface area contributed by atoms with E-state index in [1.807, 2.05) is 19.9 Å². The Morgan fingerprint density at radius 1 is 1.39 bits per heavy atom. The molecule has 7 nitrogen and oxygen atoms in total. The number of carbonyl (C=O) groups excluding carboxylic acids is 1. The first kappa shape index (κ1) is 14.6. The molecule has 1 saturated heterocycles. The number of hydrogen-bond donors (Lipinski definition) is 1. The lowest BCUT2D eigenvalue weighted by Crippen LogP contribution is -2.60. The molecule has 0 radical (unpaired) electrons. The summed E-state index contributed by atoms with van der Waals surface area (Å²) in [5, 5.41) is 22.6. The highest BCUT2D eigenvalue weighted by molar-refractivity contribution is 6.03. The van der Waals surface area contributed by atoms with E-state index in [4.69, 9.17) is 4.74 Å². The summed E-state index contributed by atoms with van der Waals surface area (Å²) in [5.74, 6) is 0.856. The number of aliphatic hydroxyl groups is 1. The normalized spacial score (nSPS) is 32.1. The Balaban J connectivity index is 1.79. The van der Waals surface area contributed by atoms with Crippen LogP contribution in [0.1, 0.15) is 39.5 Å². The van der Waals surface area contributed by atoms with E-state index in [0.29, 0.717) is 25.1 Å². The van der Waals surface area contributed by atoms with Crippen LogP contribution in [0, 0.1) is 0 Å². The first-order valence-electron chi connectivity index (χ1n) is 8.06.